The third-order valence-electron chi connectivity index (χ3n) is 4.67. The number of hydrogen-bond acceptors (Lipinski definition) is 4. The van der Waals surface area contributed by atoms with Crippen LogP contribution >= 0.6 is 12.2 Å². The molecule has 3 rings (SSSR count). The Hall–Kier alpha value is -2.47. The highest BCUT2D eigenvalue weighted by molar-refractivity contribution is 7.80. The highest BCUT2D eigenvalue weighted by Gasteiger charge is 2.33. The second-order valence-corrected chi connectivity index (χ2v) is 7.92. The molecule has 1 aromatic carbocycles. The zero-order valence-electron chi connectivity index (χ0n) is 15.6. The van der Waals surface area contributed by atoms with Gasteiger partial charge in [0, 0.05) is 17.3 Å². The van der Waals surface area contributed by atoms with E-state index >= 15 is 0 Å². The molecule has 2 amide bonds. The molecule has 2 aliphatic rings. The standard InChI is InChI=1S/C20H23N3O2S/c1-11(2)23-16-7-6-13(8-14(16)12(3)10-20(23,4)5)9-15-17(24)21-19(26)22-18(15)25/h6-11H,1-5H3,(H2,21,22,24,25,26). The van der Waals surface area contributed by atoms with Crippen LogP contribution in [0.5, 0.6) is 0 Å². The molecule has 2 heterocycles. The summed E-state index contributed by atoms with van der Waals surface area (Å²) in [5, 5.41) is 4.95. The van der Waals surface area contributed by atoms with E-state index in [0.717, 1.165) is 16.8 Å². The van der Waals surface area contributed by atoms with Gasteiger partial charge in [0.1, 0.15) is 5.57 Å². The van der Waals surface area contributed by atoms with E-state index in [-0.39, 0.29) is 16.2 Å². The van der Waals surface area contributed by atoms with E-state index in [9.17, 15) is 9.59 Å². The smallest absolute Gasteiger partial charge is 0.263 e. The van der Waals surface area contributed by atoms with E-state index in [4.69, 9.17) is 12.2 Å². The quantitative estimate of drug-likeness (QED) is 0.478. The first-order chi connectivity index (χ1) is 12.1. The summed E-state index contributed by atoms with van der Waals surface area (Å²) in [5.74, 6) is -0.956. The van der Waals surface area contributed by atoms with Gasteiger partial charge in [-0.1, -0.05) is 12.1 Å². The largest absolute Gasteiger partial charge is 0.360 e. The lowest BCUT2D eigenvalue weighted by Gasteiger charge is -2.46. The van der Waals surface area contributed by atoms with Crippen molar-refractivity contribution in [2.45, 2.75) is 46.2 Å². The van der Waals surface area contributed by atoms with Crippen LogP contribution in [0.2, 0.25) is 0 Å². The third-order valence-corrected chi connectivity index (χ3v) is 4.87. The van der Waals surface area contributed by atoms with Gasteiger partial charge < -0.3 is 4.90 Å². The number of carbonyl (C=O) groups is 2. The number of hydrogen-bond donors (Lipinski definition) is 2. The predicted octanol–water partition coefficient (Wildman–Crippen LogP) is 3.01. The van der Waals surface area contributed by atoms with Crippen molar-refractivity contribution in [3.8, 4) is 0 Å². The molecule has 0 spiro atoms. The molecule has 26 heavy (non-hydrogen) atoms. The van der Waals surface area contributed by atoms with Crippen molar-refractivity contribution in [2.75, 3.05) is 4.90 Å². The summed E-state index contributed by atoms with van der Waals surface area (Å²) in [5.41, 5.74) is 4.22. The normalized spacial score (nSPS) is 19.0. The molecule has 0 radical (unpaired) electrons. The lowest BCUT2D eigenvalue weighted by Crippen LogP contribution is -2.51. The Labute approximate surface area is 159 Å². The maximum absolute atomic E-state index is 12.1. The second-order valence-electron chi connectivity index (χ2n) is 7.52. The molecule has 6 heteroatoms. The summed E-state index contributed by atoms with van der Waals surface area (Å²) in [6.45, 7) is 10.8. The van der Waals surface area contributed by atoms with E-state index in [2.05, 4.69) is 62.3 Å². The number of carbonyl (C=O) groups excluding carboxylic acids is 2. The van der Waals surface area contributed by atoms with Gasteiger partial charge in [-0.2, -0.15) is 0 Å². The highest BCUT2D eigenvalue weighted by atomic mass is 32.1. The maximum Gasteiger partial charge on any atom is 0.263 e. The minimum absolute atomic E-state index is 0.0381. The Kier molecular flexibility index (Phi) is 4.48. The minimum Gasteiger partial charge on any atom is -0.360 e. The number of thiocarbonyl (C=S) groups is 1. The molecule has 0 aliphatic carbocycles. The SMILES string of the molecule is CC1=CC(C)(C)N(C(C)C)c2ccc(C=C3C(=O)NC(=S)NC3=O)cc21. The van der Waals surface area contributed by atoms with Crippen molar-refractivity contribution in [1.82, 2.24) is 10.6 Å². The zero-order valence-corrected chi connectivity index (χ0v) is 16.5. The Morgan fingerprint density at radius 1 is 1.15 bits per heavy atom. The van der Waals surface area contributed by atoms with Crippen molar-refractivity contribution in [3.63, 3.8) is 0 Å². The number of rotatable bonds is 2. The van der Waals surface area contributed by atoms with Gasteiger partial charge in [-0.05, 0) is 76.2 Å². The summed E-state index contributed by atoms with van der Waals surface area (Å²) < 4.78 is 0. The fourth-order valence-corrected chi connectivity index (χ4v) is 4.06. The molecule has 5 nitrogen and oxygen atoms in total. The monoisotopic (exact) mass is 369 g/mol. The Morgan fingerprint density at radius 2 is 1.77 bits per heavy atom. The summed E-state index contributed by atoms with van der Waals surface area (Å²) in [6, 6.07) is 6.35. The highest BCUT2D eigenvalue weighted by Crippen LogP contribution is 2.40. The van der Waals surface area contributed by atoms with Crippen LogP contribution in [-0.2, 0) is 9.59 Å². The fourth-order valence-electron chi connectivity index (χ4n) is 3.87. The second kappa shape index (κ2) is 6.36. The predicted molar refractivity (Wildman–Crippen MR) is 109 cm³/mol. The molecule has 2 aliphatic heterocycles. The molecule has 0 atom stereocenters. The molecule has 1 aromatic rings. The van der Waals surface area contributed by atoms with Crippen LogP contribution in [0.25, 0.3) is 11.6 Å². The lowest BCUT2D eigenvalue weighted by molar-refractivity contribution is -0.123. The van der Waals surface area contributed by atoms with Crippen molar-refractivity contribution in [2.24, 2.45) is 0 Å². The molecule has 136 valence electrons. The van der Waals surface area contributed by atoms with Crippen LogP contribution in [0.1, 0.15) is 45.7 Å². The van der Waals surface area contributed by atoms with Crippen LogP contribution in [0.3, 0.4) is 0 Å². The molecule has 1 fully saturated rings. The summed E-state index contributed by atoms with van der Waals surface area (Å²) in [6.07, 6.45) is 3.85. The number of nitrogens with one attached hydrogen (secondary N) is 2. The van der Waals surface area contributed by atoms with Gasteiger partial charge in [-0.15, -0.1) is 0 Å². The van der Waals surface area contributed by atoms with Gasteiger partial charge in [0.05, 0.1) is 5.54 Å². The number of benzene rings is 1. The molecular formula is C20H23N3O2S. The minimum atomic E-state index is -0.478. The Bertz CT molecular complexity index is 859. The average molecular weight is 369 g/mol. The number of anilines is 1. The first kappa shape index (κ1) is 18.3. The molecule has 0 bridgehead atoms. The first-order valence-corrected chi connectivity index (χ1v) is 9.02. The Balaban J connectivity index is 2.06. The number of allylic oxidation sites excluding steroid dienone is 1. The van der Waals surface area contributed by atoms with E-state index in [0.29, 0.717) is 6.04 Å². The summed E-state index contributed by atoms with van der Waals surface area (Å²) >= 11 is 4.83. The molecule has 0 unspecified atom stereocenters. The average Bonchev–Trinajstić information content (AvgIpc) is 2.50. The van der Waals surface area contributed by atoms with Crippen LogP contribution in [-0.4, -0.2) is 28.5 Å². The summed E-state index contributed by atoms with van der Waals surface area (Å²) in [4.78, 5) is 26.5. The van der Waals surface area contributed by atoms with Crippen LogP contribution in [0.15, 0.2) is 29.8 Å². The molecule has 0 aromatic heterocycles. The molecule has 1 saturated heterocycles. The zero-order chi connectivity index (χ0) is 19.2. The number of fused-ring (bicyclic) bond motifs is 1. The van der Waals surface area contributed by atoms with Crippen LogP contribution in [0.4, 0.5) is 5.69 Å². The van der Waals surface area contributed by atoms with Gasteiger partial charge in [0.2, 0.25) is 0 Å². The first-order valence-electron chi connectivity index (χ1n) is 8.62. The van der Waals surface area contributed by atoms with Crippen molar-refractivity contribution < 1.29 is 9.59 Å². The number of amides is 2. The summed E-state index contributed by atoms with van der Waals surface area (Å²) in [7, 11) is 0. The van der Waals surface area contributed by atoms with Crippen LogP contribution in [0, 0.1) is 0 Å². The van der Waals surface area contributed by atoms with E-state index in [1.807, 2.05) is 12.1 Å². The maximum atomic E-state index is 12.1. The lowest BCUT2D eigenvalue weighted by atomic mass is 9.86. The number of nitrogens with zero attached hydrogens (tertiary/aromatic N) is 1. The Morgan fingerprint density at radius 3 is 2.35 bits per heavy atom. The van der Waals surface area contributed by atoms with Gasteiger partial charge in [-0.25, -0.2) is 0 Å². The van der Waals surface area contributed by atoms with Crippen molar-refractivity contribution >= 4 is 46.5 Å². The third kappa shape index (κ3) is 3.17. The van der Waals surface area contributed by atoms with E-state index < -0.39 is 11.8 Å². The van der Waals surface area contributed by atoms with E-state index in [1.54, 1.807) is 6.08 Å². The van der Waals surface area contributed by atoms with Gasteiger partial charge in [0.25, 0.3) is 11.8 Å². The van der Waals surface area contributed by atoms with Crippen LogP contribution < -0.4 is 15.5 Å². The van der Waals surface area contributed by atoms with Gasteiger partial charge in [0.15, 0.2) is 5.11 Å². The topological polar surface area (TPSA) is 61.4 Å². The van der Waals surface area contributed by atoms with E-state index in [1.165, 1.54) is 5.57 Å². The van der Waals surface area contributed by atoms with Gasteiger partial charge >= 0.3 is 0 Å². The fraction of sp³-hybridized carbons (Fsp3) is 0.350. The molecule has 2 N–H and O–H groups in total. The van der Waals surface area contributed by atoms with Gasteiger partial charge in [-0.3, -0.25) is 20.2 Å². The molecular weight excluding hydrogens is 346 g/mol. The van der Waals surface area contributed by atoms with Crippen molar-refractivity contribution in [3.05, 3.63) is 41.0 Å². The van der Waals surface area contributed by atoms with Crippen molar-refractivity contribution in [1.29, 1.82) is 0 Å². The molecule has 0 saturated carbocycles.